The van der Waals surface area contributed by atoms with E-state index in [1.54, 1.807) is 11.8 Å². The number of rotatable bonds is 2. The zero-order chi connectivity index (χ0) is 17.0. The summed E-state index contributed by atoms with van der Waals surface area (Å²) in [6.07, 6.45) is -9.49. The van der Waals surface area contributed by atoms with E-state index in [0.717, 1.165) is 24.0 Å². The van der Waals surface area contributed by atoms with E-state index < -0.39 is 12.4 Å². The van der Waals surface area contributed by atoms with Crippen LogP contribution in [-0.4, -0.2) is 26.6 Å². The Bertz CT molecular complexity index is 610. The van der Waals surface area contributed by atoms with Crippen LogP contribution in [0.3, 0.4) is 0 Å². The number of benzene rings is 1. The third-order valence-corrected chi connectivity index (χ3v) is 2.20. The predicted molar refractivity (Wildman–Crippen MR) is 65.4 cm³/mol. The van der Waals surface area contributed by atoms with E-state index in [-0.39, 0.29) is 22.6 Å². The molecular formula is C14H8F6O2. The molecule has 0 aromatic heterocycles. The number of ether oxygens (including phenoxy) is 2. The molecule has 0 bridgehead atoms. The molecule has 0 saturated carbocycles. The minimum Gasteiger partial charge on any atom is -0.495 e. The number of alkyl halides is 6. The van der Waals surface area contributed by atoms with Crippen molar-refractivity contribution in [2.45, 2.75) is 12.4 Å². The largest absolute Gasteiger partial charge is 0.495 e. The summed E-state index contributed by atoms with van der Waals surface area (Å²) in [4.78, 5) is 0. The molecule has 8 heteroatoms. The van der Waals surface area contributed by atoms with Crippen LogP contribution in [0.15, 0.2) is 12.1 Å². The first-order valence-corrected chi connectivity index (χ1v) is 5.51. The van der Waals surface area contributed by atoms with Gasteiger partial charge in [0.15, 0.2) is 0 Å². The minimum atomic E-state index is -4.75. The molecule has 0 amide bonds. The molecule has 0 saturated heterocycles. The summed E-state index contributed by atoms with van der Waals surface area (Å²) >= 11 is 0. The summed E-state index contributed by atoms with van der Waals surface area (Å²) in [6, 6.07) is 2.05. The van der Waals surface area contributed by atoms with E-state index in [1.807, 2.05) is 0 Å². The Balaban J connectivity index is 3.44. The van der Waals surface area contributed by atoms with Crippen molar-refractivity contribution in [1.82, 2.24) is 0 Å². The third-order valence-electron chi connectivity index (χ3n) is 2.20. The van der Waals surface area contributed by atoms with E-state index in [0.29, 0.717) is 0 Å². The van der Waals surface area contributed by atoms with Crippen LogP contribution in [0.5, 0.6) is 11.5 Å². The number of hydrogen-bond donors (Lipinski definition) is 0. The summed E-state index contributed by atoms with van der Waals surface area (Å²) in [5.74, 6) is 5.44. The topological polar surface area (TPSA) is 18.5 Å². The van der Waals surface area contributed by atoms with Gasteiger partial charge in [0.2, 0.25) is 0 Å². The molecule has 0 fully saturated rings. The second-order valence-corrected chi connectivity index (χ2v) is 3.75. The lowest BCUT2D eigenvalue weighted by Gasteiger charge is -2.09. The van der Waals surface area contributed by atoms with E-state index >= 15 is 0 Å². The molecule has 0 aliphatic carbocycles. The van der Waals surface area contributed by atoms with Crippen molar-refractivity contribution in [3.05, 3.63) is 23.3 Å². The highest BCUT2D eigenvalue weighted by Gasteiger charge is 2.24. The zero-order valence-corrected chi connectivity index (χ0v) is 11.2. The van der Waals surface area contributed by atoms with Crippen molar-refractivity contribution < 1.29 is 35.8 Å². The van der Waals surface area contributed by atoms with Crippen molar-refractivity contribution in [2.75, 3.05) is 14.2 Å². The quantitative estimate of drug-likeness (QED) is 0.613. The second-order valence-electron chi connectivity index (χ2n) is 3.75. The summed E-state index contributed by atoms with van der Waals surface area (Å²) in [5.41, 5.74) is -0.515. The van der Waals surface area contributed by atoms with Crippen LogP contribution in [0.2, 0.25) is 0 Å². The molecule has 118 valence electrons. The van der Waals surface area contributed by atoms with Gasteiger partial charge in [-0.05, 0) is 6.07 Å². The standard InChI is InChI=1S/C14H8F6O2/c1-21-11-8-12(22-2)10(4-6-14(18,19)20)7-9(11)3-5-13(15,16)17/h7-8H,1-2H3. The smallest absolute Gasteiger partial charge is 0.458 e. The summed E-state index contributed by atoms with van der Waals surface area (Å²) in [7, 11) is 2.35. The first kappa shape index (κ1) is 17.6. The van der Waals surface area contributed by atoms with Gasteiger partial charge in [-0.25, -0.2) is 0 Å². The molecule has 0 radical (unpaired) electrons. The maximum absolute atomic E-state index is 12.1. The van der Waals surface area contributed by atoms with Gasteiger partial charge in [0.05, 0.1) is 25.3 Å². The first-order chi connectivity index (χ1) is 10.1. The predicted octanol–water partition coefficient (Wildman–Crippen LogP) is 3.53. The molecular weight excluding hydrogens is 314 g/mol. The lowest BCUT2D eigenvalue weighted by molar-refractivity contribution is -0.0706. The van der Waals surface area contributed by atoms with E-state index in [2.05, 4.69) is 0 Å². The average molecular weight is 322 g/mol. The van der Waals surface area contributed by atoms with E-state index in [9.17, 15) is 26.3 Å². The van der Waals surface area contributed by atoms with Gasteiger partial charge in [-0.15, -0.1) is 0 Å². The monoisotopic (exact) mass is 322 g/mol. The van der Waals surface area contributed by atoms with Crippen LogP contribution in [0.1, 0.15) is 11.1 Å². The number of hydrogen-bond acceptors (Lipinski definition) is 2. The van der Waals surface area contributed by atoms with Crippen molar-refractivity contribution in [3.63, 3.8) is 0 Å². The van der Waals surface area contributed by atoms with Gasteiger partial charge in [-0.2, -0.15) is 26.3 Å². The van der Waals surface area contributed by atoms with Gasteiger partial charge in [0.1, 0.15) is 11.5 Å². The van der Waals surface area contributed by atoms with Gasteiger partial charge < -0.3 is 9.47 Å². The van der Waals surface area contributed by atoms with Crippen LogP contribution in [0.25, 0.3) is 0 Å². The third kappa shape index (κ3) is 5.49. The Morgan fingerprint density at radius 3 is 1.36 bits per heavy atom. The highest BCUT2D eigenvalue weighted by atomic mass is 19.4. The zero-order valence-electron chi connectivity index (χ0n) is 11.2. The maximum atomic E-state index is 12.1. The minimum absolute atomic E-state index is 0.0776. The lowest BCUT2D eigenvalue weighted by Crippen LogP contribution is -2.03. The summed E-state index contributed by atoms with van der Waals surface area (Å²) < 4.78 is 82.3. The number of methoxy groups -OCH3 is 2. The Morgan fingerprint density at radius 2 is 1.09 bits per heavy atom. The van der Waals surface area contributed by atoms with Gasteiger partial charge >= 0.3 is 12.4 Å². The van der Waals surface area contributed by atoms with Crippen LogP contribution in [0.4, 0.5) is 26.3 Å². The fourth-order valence-electron chi connectivity index (χ4n) is 1.37. The highest BCUT2D eigenvalue weighted by Crippen LogP contribution is 2.29. The van der Waals surface area contributed by atoms with E-state index in [1.165, 1.54) is 14.2 Å². The van der Waals surface area contributed by atoms with E-state index in [4.69, 9.17) is 9.47 Å². The molecule has 1 rings (SSSR count). The first-order valence-electron chi connectivity index (χ1n) is 5.51. The Hall–Kier alpha value is -2.48. The Labute approximate surface area is 122 Å². The van der Waals surface area contributed by atoms with Crippen LogP contribution in [0, 0.1) is 23.7 Å². The molecule has 0 atom stereocenters. The summed E-state index contributed by atoms with van der Waals surface area (Å²) in [6.45, 7) is 0. The lowest BCUT2D eigenvalue weighted by atomic mass is 10.1. The Morgan fingerprint density at radius 1 is 0.727 bits per heavy atom. The second kappa shape index (κ2) is 6.52. The van der Waals surface area contributed by atoms with Gasteiger partial charge in [0.25, 0.3) is 0 Å². The molecule has 0 unspecified atom stereocenters. The molecule has 22 heavy (non-hydrogen) atoms. The van der Waals surface area contributed by atoms with Gasteiger partial charge in [-0.1, -0.05) is 11.8 Å². The SMILES string of the molecule is COc1cc(OC)c(C#CC(F)(F)F)cc1C#CC(F)(F)F. The Kier molecular flexibility index (Phi) is 5.21. The van der Waals surface area contributed by atoms with Crippen LogP contribution in [-0.2, 0) is 0 Å². The molecule has 2 nitrogen and oxygen atoms in total. The molecule has 0 heterocycles. The number of halogens is 6. The van der Waals surface area contributed by atoms with Crippen LogP contribution < -0.4 is 9.47 Å². The van der Waals surface area contributed by atoms with Gasteiger partial charge in [-0.3, -0.25) is 0 Å². The van der Waals surface area contributed by atoms with Crippen molar-refractivity contribution in [2.24, 2.45) is 0 Å². The van der Waals surface area contributed by atoms with Crippen molar-refractivity contribution >= 4 is 0 Å². The molecule has 1 aromatic rings. The van der Waals surface area contributed by atoms with Crippen molar-refractivity contribution in [3.8, 4) is 35.2 Å². The molecule has 0 aliphatic heterocycles. The molecule has 0 spiro atoms. The molecule has 0 aliphatic rings. The normalized spacial score (nSPS) is 10.9. The highest BCUT2D eigenvalue weighted by molar-refractivity contribution is 5.58. The van der Waals surface area contributed by atoms with Gasteiger partial charge in [0, 0.05) is 17.9 Å². The summed E-state index contributed by atoms with van der Waals surface area (Å²) in [5, 5.41) is 0. The van der Waals surface area contributed by atoms with Crippen molar-refractivity contribution in [1.29, 1.82) is 0 Å². The fourth-order valence-corrected chi connectivity index (χ4v) is 1.37. The molecule has 1 aromatic carbocycles. The van der Waals surface area contributed by atoms with Crippen LogP contribution >= 0.6 is 0 Å². The maximum Gasteiger partial charge on any atom is 0.458 e. The fraction of sp³-hybridized carbons (Fsp3) is 0.286. The molecule has 0 N–H and O–H groups in total. The average Bonchev–Trinajstić information content (AvgIpc) is 2.40.